The Bertz CT molecular complexity index is 2140. The summed E-state index contributed by atoms with van der Waals surface area (Å²) in [7, 11) is 2.64. The Morgan fingerprint density at radius 1 is 0.765 bits per heavy atom. The number of rotatable bonds is 15. The number of aliphatic hydroxyl groups is 1. The number of aromatic nitrogens is 3. The van der Waals surface area contributed by atoms with Crippen molar-refractivity contribution in [1.82, 2.24) is 15.0 Å². The quantitative estimate of drug-likeness (QED) is 0.0856. The summed E-state index contributed by atoms with van der Waals surface area (Å²) in [6.45, 7) is 15.5. The van der Waals surface area contributed by atoms with E-state index in [4.69, 9.17) is 14.3 Å². The van der Waals surface area contributed by atoms with E-state index in [1.54, 1.807) is 61.4 Å². The van der Waals surface area contributed by atoms with Crippen LogP contribution in [0, 0.1) is 56.3 Å². The second-order valence-corrected chi connectivity index (χ2v) is 19.1. The molecule has 0 bridgehead atoms. The van der Waals surface area contributed by atoms with E-state index < -0.39 is 17.6 Å². The molecule has 364 valence electrons. The van der Waals surface area contributed by atoms with Crippen molar-refractivity contribution < 1.29 is 82.8 Å². The topological polar surface area (TPSA) is 220 Å². The van der Waals surface area contributed by atoms with Gasteiger partial charge in [0.25, 0.3) is 0 Å². The van der Waals surface area contributed by atoms with Gasteiger partial charge >= 0.3 is 47.6 Å². The van der Waals surface area contributed by atoms with Crippen LogP contribution in [0.25, 0.3) is 0 Å². The van der Waals surface area contributed by atoms with Crippen LogP contribution >= 0.6 is 35.3 Å². The summed E-state index contributed by atoms with van der Waals surface area (Å²) < 4.78 is 9.00. The van der Waals surface area contributed by atoms with Gasteiger partial charge in [0.1, 0.15) is 0 Å². The molecular formula is C50H64N3NaO11S3. The Labute approximate surface area is 436 Å². The normalized spacial score (nSPS) is 17.3. The number of carbonyl (C=O) groups excluding carboxylic acids is 7. The molecule has 5 rings (SSSR count). The number of thioether (sulfide) groups is 3. The minimum Gasteiger partial charge on any atom is -0.875 e. The zero-order chi connectivity index (χ0) is 50.5. The number of carbonyl (C=O) groups is 5. The van der Waals surface area contributed by atoms with E-state index in [9.17, 15) is 34.2 Å². The van der Waals surface area contributed by atoms with Crippen LogP contribution < -0.4 is 34.7 Å². The number of aliphatic hydroxyl groups excluding tert-OH is 1. The number of allylic oxidation sites excluding steroid dienone is 5. The zero-order valence-corrected chi connectivity index (χ0v) is 45.5. The maximum absolute atomic E-state index is 12.0. The van der Waals surface area contributed by atoms with Gasteiger partial charge in [0.05, 0.1) is 41.0 Å². The van der Waals surface area contributed by atoms with Crippen molar-refractivity contribution in [2.24, 2.45) is 35.5 Å². The molecular weight excluding hydrogens is 938 g/mol. The maximum atomic E-state index is 12.0. The van der Waals surface area contributed by atoms with E-state index in [0.717, 1.165) is 43.8 Å². The molecule has 6 unspecified atom stereocenters. The molecule has 0 amide bonds. The molecule has 0 saturated heterocycles. The number of esters is 2. The summed E-state index contributed by atoms with van der Waals surface area (Å²) in [4.78, 5) is 85.0. The fourth-order valence-electron chi connectivity index (χ4n) is 6.15. The summed E-state index contributed by atoms with van der Waals surface area (Å²) in [5, 5.41) is 24.5. The number of aryl methyl sites for hydroxylation is 3. The number of pyridine rings is 3. The Morgan fingerprint density at radius 2 is 1.22 bits per heavy atom. The van der Waals surface area contributed by atoms with Crippen molar-refractivity contribution >= 4 is 70.7 Å². The second-order valence-electron chi connectivity index (χ2n) is 16.0. The van der Waals surface area contributed by atoms with Gasteiger partial charge in [-0.05, 0) is 104 Å². The summed E-state index contributed by atoms with van der Waals surface area (Å²) >= 11 is 4.98. The average molecular weight is 1000 g/mol. The van der Waals surface area contributed by atoms with E-state index in [-0.39, 0.29) is 89.0 Å². The molecule has 3 aromatic heterocycles. The molecule has 14 nitrogen and oxygen atoms in total. The van der Waals surface area contributed by atoms with Crippen LogP contribution in [0.2, 0.25) is 0 Å². The fraction of sp³-hybridized carbons (Fsp3) is 0.460. The monoisotopic (exact) mass is 1000 g/mol. The van der Waals surface area contributed by atoms with Crippen molar-refractivity contribution in [3.05, 3.63) is 108 Å². The van der Waals surface area contributed by atoms with E-state index >= 15 is 0 Å². The minimum absolute atomic E-state index is 0. The molecule has 0 radical (unpaired) electrons. The van der Waals surface area contributed by atoms with Crippen molar-refractivity contribution in [2.45, 2.75) is 96.2 Å². The van der Waals surface area contributed by atoms with Crippen LogP contribution in [0.3, 0.4) is 0 Å². The summed E-state index contributed by atoms with van der Waals surface area (Å²) in [6.07, 6.45) is 13.6. The summed E-state index contributed by atoms with van der Waals surface area (Å²) in [6, 6.07) is 12.1. The first kappa shape index (κ1) is 63.6. The first-order valence-electron chi connectivity index (χ1n) is 21.6. The van der Waals surface area contributed by atoms with Gasteiger partial charge in [-0.3, -0.25) is 24.0 Å². The van der Waals surface area contributed by atoms with Crippen molar-refractivity contribution in [3.8, 4) is 0 Å². The van der Waals surface area contributed by atoms with Gasteiger partial charge in [-0.2, -0.15) is 9.59 Å². The molecule has 0 fully saturated rings. The Morgan fingerprint density at radius 3 is 1.60 bits per heavy atom. The predicted molar refractivity (Wildman–Crippen MR) is 259 cm³/mol. The van der Waals surface area contributed by atoms with Gasteiger partial charge in [-0.15, -0.1) is 41.0 Å². The summed E-state index contributed by atoms with van der Waals surface area (Å²) in [5.41, 5.74) is 3.42. The predicted octanol–water partition coefficient (Wildman–Crippen LogP) is 5.53. The van der Waals surface area contributed by atoms with Crippen molar-refractivity contribution in [1.29, 1.82) is 0 Å². The zero-order valence-electron chi connectivity index (χ0n) is 41.0. The third kappa shape index (κ3) is 27.0. The fourth-order valence-corrected chi connectivity index (χ4v) is 8.96. The van der Waals surface area contributed by atoms with Gasteiger partial charge in [0.15, 0.2) is 17.3 Å². The van der Waals surface area contributed by atoms with Crippen LogP contribution in [-0.4, -0.2) is 87.0 Å². The molecule has 18 heteroatoms. The number of ketones is 3. The molecule has 3 heterocycles. The van der Waals surface area contributed by atoms with Crippen molar-refractivity contribution in [3.63, 3.8) is 0 Å². The number of ether oxygens (including phenoxy) is 2. The molecule has 68 heavy (non-hydrogen) atoms. The van der Waals surface area contributed by atoms with E-state index in [1.165, 1.54) is 25.9 Å². The van der Waals surface area contributed by atoms with Gasteiger partial charge in [0, 0.05) is 67.6 Å². The molecule has 1 N–H and O–H groups in total. The molecule has 6 atom stereocenters. The molecule has 0 aliphatic heterocycles. The third-order valence-electron chi connectivity index (χ3n) is 10.0. The molecule has 2 aliphatic carbocycles. The smallest absolute Gasteiger partial charge is 0.875 e. The molecule has 0 aromatic carbocycles. The van der Waals surface area contributed by atoms with Crippen LogP contribution in [0.1, 0.15) is 77.0 Å². The van der Waals surface area contributed by atoms with Crippen LogP contribution in [0.4, 0.5) is 0 Å². The second kappa shape index (κ2) is 35.7. The molecule has 0 saturated carbocycles. The summed E-state index contributed by atoms with van der Waals surface area (Å²) in [5.74, 6) is 1.35. The number of hydrogen-bond acceptors (Lipinski definition) is 17. The largest absolute Gasteiger partial charge is 1.00 e. The molecule has 0 spiro atoms. The van der Waals surface area contributed by atoms with Crippen molar-refractivity contribution in [2.75, 3.05) is 31.5 Å². The Kier molecular flexibility index (Phi) is 33.4. The van der Waals surface area contributed by atoms with E-state index in [0.29, 0.717) is 36.9 Å². The maximum Gasteiger partial charge on any atom is 1.00 e. The molecule has 3 aromatic rings. The molecule has 2 aliphatic rings. The Hall–Kier alpha value is -4.35. The van der Waals surface area contributed by atoms with Gasteiger partial charge < -0.3 is 19.7 Å². The third-order valence-corrected chi connectivity index (χ3v) is 13.7. The van der Waals surface area contributed by atoms with Crippen LogP contribution in [0.15, 0.2) is 106 Å². The van der Waals surface area contributed by atoms with Crippen LogP contribution in [-0.2, 0) is 43.0 Å². The van der Waals surface area contributed by atoms with E-state index in [1.807, 2.05) is 70.4 Å². The number of hydrogen-bond donors (Lipinski definition) is 1. The first-order valence-corrected chi connectivity index (χ1v) is 24.6. The minimum atomic E-state index is -0.876. The van der Waals surface area contributed by atoms with Crippen LogP contribution in [0.5, 0.6) is 0 Å². The standard InChI is InChI=1S/C17H21NO4S.C15H19NO2S.C13H17NOS.C4H8O2.CO2.Na/c1-10-4-5-15(18-8-10)23-9-11(2)13-6-12(19)7-14(20)16(13)17(21)22-3;1-10-3-4-15(16-8-10)19-9-11(2)12-5-13(17)7-14(18)6-12;1-10-5-7-13(14-8-10)16-9-11(2)4-6-12(3)15;1-3-4(5)6-2;2-1-3;/h4-5,7-8,11,13,16,20H,6,9H2,1-3H3;3-4,7-8,11-12,17H,5-6,9H2,1-2H3;4-8,11H,9H2,1-3H3;3H2,1-2H3;;/q;;;;;+1/p-1/b;;6-4+;;;. The van der Waals surface area contributed by atoms with Gasteiger partial charge in [0.2, 0.25) is 0 Å². The first-order chi connectivity index (χ1) is 31.8. The van der Waals surface area contributed by atoms with Gasteiger partial charge in [-0.1, -0.05) is 52.0 Å². The average Bonchev–Trinajstić information content (AvgIpc) is 3.30. The number of nitrogens with zero attached hydrogens (tertiary/aromatic N) is 3. The Balaban J connectivity index is 0.000000912. The number of methoxy groups -OCH3 is 2. The SMILES string of the molecule is CC(=O)/C=C/C(C)CSc1ccc(C)cn1.CCC(=O)OC.COC(=O)C1C([O-])=CC(=O)CC1C(C)CSc1ccc(C)cn1.Cc1ccc(SCC(C)C2CC(=O)C=C(O)C2)nc1.O=C=O.[Na+]. The van der Waals surface area contributed by atoms with E-state index in [2.05, 4.69) is 45.7 Å². The van der Waals surface area contributed by atoms with Gasteiger partial charge in [-0.25, -0.2) is 15.0 Å².